The number of hydrogen-bond acceptors (Lipinski definition) is 4. The Morgan fingerprint density at radius 2 is 2.10 bits per heavy atom. The predicted molar refractivity (Wildman–Crippen MR) is 80.4 cm³/mol. The third kappa shape index (κ3) is 2.18. The van der Waals surface area contributed by atoms with Crippen LogP contribution in [-0.2, 0) is 0 Å². The molecule has 3 aromatic rings. The second kappa shape index (κ2) is 4.72. The quantitative estimate of drug-likeness (QED) is 0.788. The maximum absolute atomic E-state index is 12.3. The molecular weight excluding hydrogens is 272 g/mol. The number of aromatic amines is 1. The summed E-state index contributed by atoms with van der Waals surface area (Å²) in [4.78, 5) is 18.3. The normalized spacial score (nSPS) is 10.9. The van der Waals surface area contributed by atoms with Crippen molar-refractivity contribution in [3.63, 3.8) is 0 Å². The average Bonchev–Trinajstić information content (AvgIpc) is 3.00. The van der Waals surface area contributed by atoms with Crippen molar-refractivity contribution in [2.45, 2.75) is 13.8 Å². The van der Waals surface area contributed by atoms with Gasteiger partial charge in [0.25, 0.3) is 5.91 Å². The Balaban J connectivity index is 1.95. The number of anilines is 1. The fourth-order valence-electron chi connectivity index (χ4n) is 2.05. The van der Waals surface area contributed by atoms with Gasteiger partial charge in [-0.05, 0) is 38.1 Å². The lowest BCUT2D eigenvalue weighted by molar-refractivity contribution is 0.0988. The summed E-state index contributed by atoms with van der Waals surface area (Å²) in [5.41, 5.74) is 3.10. The number of amides is 1. The molecule has 0 spiro atoms. The molecule has 0 aliphatic carbocycles. The highest BCUT2D eigenvalue weighted by Gasteiger charge is 2.16. The molecule has 0 radical (unpaired) electrons. The number of rotatable bonds is 2. The van der Waals surface area contributed by atoms with Gasteiger partial charge in [0.15, 0.2) is 5.69 Å². The molecule has 0 saturated heterocycles. The minimum absolute atomic E-state index is 0.130. The van der Waals surface area contributed by atoms with Crippen LogP contribution in [0.15, 0.2) is 24.3 Å². The number of aromatic nitrogens is 3. The van der Waals surface area contributed by atoms with Gasteiger partial charge in [-0.1, -0.05) is 0 Å². The van der Waals surface area contributed by atoms with E-state index in [1.807, 2.05) is 32.0 Å². The van der Waals surface area contributed by atoms with Gasteiger partial charge in [0.05, 0.1) is 15.2 Å². The summed E-state index contributed by atoms with van der Waals surface area (Å²) in [6.07, 6.45) is 0. The first-order valence-corrected chi connectivity index (χ1v) is 7.03. The number of benzene rings is 1. The van der Waals surface area contributed by atoms with Crippen molar-refractivity contribution in [1.82, 2.24) is 15.2 Å². The van der Waals surface area contributed by atoms with Gasteiger partial charge in [-0.25, -0.2) is 4.98 Å². The Kier molecular flexibility index (Phi) is 3.02. The van der Waals surface area contributed by atoms with Gasteiger partial charge in [0.1, 0.15) is 0 Å². The molecule has 102 valence electrons. The van der Waals surface area contributed by atoms with Crippen LogP contribution in [0.4, 0.5) is 5.69 Å². The number of thiazole rings is 1. The third-order valence-corrected chi connectivity index (χ3v) is 4.03. The Hall–Kier alpha value is -2.21. The highest BCUT2D eigenvalue weighted by atomic mass is 32.1. The maximum atomic E-state index is 12.3. The molecule has 1 amide bonds. The van der Waals surface area contributed by atoms with E-state index in [-0.39, 0.29) is 5.91 Å². The number of hydrogen-bond donors (Lipinski definition) is 1. The van der Waals surface area contributed by atoms with E-state index >= 15 is 0 Å². The lowest BCUT2D eigenvalue weighted by Crippen LogP contribution is -2.26. The van der Waals surface area contributed by atoms with Crippen molar-refractivity contribution >= 4 is 33.1 Å². The van der Waals surface area contributed by atoms with Crippen LogP contribution in [0.5, 0.6) is 0 Å². The molecule has 6 heteroatoms. The lowest BCUT2D eigenvalue weighted by atomic mass is 10.2. The summed E-state index contributed by atoms with van der Waals surface area (Å²) in [7, 11) is 1.75. The van der Waals surface area contributed by atoms with E-state index in [1.54, 1.807) is 29.4 Å². The van der Waals surface area contributed by atoms with Crippen molar-refractivity contribution in [1.29, 1.82) is 0 Å². The van der Waals surface area contributed by atoms with Crippen LogP contribution in [0.25, 0.3) is 10.2 Å². The van der Waals surface area contributed by atoms with Crippen molar-refractivity contribution < 1.29 is 4.79 Å². The van der Waals surface area contributed by atoms with Crippen LogP contribution in [0.3, 0.4) is 0 Å². The third-order valence-electron chi connectivity index (χ3n) is 3.10. The van der Waals surface area contributed by atoms with E-state index in [0.29, 0.717) is 5.69 Å². The Bertz CT molecular complexity index is 789. The fraction of sp³-hybridized carbons (Fsp3) is 0.214. The zero-order chi connectivity index (χ0) is 14.3. The predicted octanol–water partition coefficient (Wildman–Crippen LogP) is 2.91. The molecule has 0 aliphatic rings. The number of carbonyl (C=O) groups excluding carboxylic acids is 1. The second-order valence-electron chi connectivity index (χ2n) is 4.69. The maximum Gasteiger partial charge on any atom is 0.278 e. The van der Waals surface area contributed by atoms with E-state index in [9.17, 15) is 4.79 Å². The standard InChI is InChI=1S/C14H14N4OS/c1-8-6-12(17-16-8)14(19)18(3)10-4-5-11-13(7-10)20-9(2)15-11/h4-7H,1-3H3,(H,16,17). The topological polar surface area (TPSA) is 61.9 Å². The Morgan fingerprint density at radius 1 is 1.30 bits per heavy atom. The highest BCUT2D eigenvalue weighted by Crippen LogP contribution is 2.26. The van der Waals surface area contributed by atoms with Crippen molar-refractivity contribution in [2.75, 3.05) is 11.9 Å². The molecule has 0 saturated carbocycles. The molecule has 1 N–H and O–H groups in total. The number of carbonyl (C=O) groups is 1. The fourth-order valence-corrected chi connectivity index (χ4v) is 2.91. The minimum atomic E-state index is -0.130. The zero-order valence-corrected chi connectivity index (χ0v) is 12.3. The van der Waals surface area contributed by atoms with Gasteiger partial charge in [-0.3, -0.25) is 9.89 Å². The molecular formula is C14H14N4OS. The smallest absolute Gasteiger partial charge is 0.278 e. The van der Waals surface area contributed by atoms with Gasteiger partial charge in [-0.15, -0.1) is 11.3 Å². The van der Waals surface area contributed by atoms with Crippen LogP contribution < -0.4 is 4.90 Å². The van der Waals surface area contributed by atoms with E-state index in [1.165, 1.54) is 0 Å². The molecule has 0 unspecified atom stereocenters. The number of fused-ring (bicyclic) bond motifs is 1. The second-order valence-corrected chi connectivity index (χ2v) is 5.92. The molecule has 0 bridgehead atoms. The summed E-state index contributed by atoms with van der Waals surface area (Å²) in [5, 5.41) is 7.81. The SMILES string of the molecule is Cc1cc(C(=O)N(C)c2ccc3nc(C)sc3c2)n[nH]1. The zero-order valence-electron chi connectivity index (χ0n) is 11.5. The number of aryl methyl sites for hydroxylation is 2. The average molecular weight is 286 g/mol. The molecule has 2 aromatic heterocycles. The molecule has 5 nitrogen and oxygen atoms in total. The first-order valence-electron chi connectivity index (χ1n) is 6.22. The summed E-state index contributed by atoms with van der Waals surface area (Å²) < 4.78 is 1.08. The number of nitrogens with one attached hydrogen (secondary N) is 1. The van der Waals surface area contributed by atoms with Gasteiger partial charge in [0, 0.05) is 18.4 Å². The van der Waals surface area contributed by atoms with Crippen LogP contribution in [0, 0.1) is 13.8 Å². The van der Waals surface area contributed by atoms with Crippen molar-refractivity contribution in [2.24, 2.45) is 0 Å². The molecule has 2 heterocycles. The highest BCUT2D eigenvalue weighted by molar-refractivity contribution is 7.18. The van der Waals surface area contributed by atoms with Crippen LogP contribution in [0.2, 0.25) is 0 Å². The summed E-state index contributed by atoms with van der Waals surface area (Å²) in [5.74, 6) is -0.130. The first-order chi connectivity index (χ1) is 9.54. The Labute approximate surface area is 120 Å². The minimum Gasteiger partial charge on any atom is -0.310 e. The molecule has 3 rings (SSSR count). The van der Waals surface area contributed by atoms with Crippen molar-refractivity contribution in [3.05, 3.63) is 40.7 Å². The van der Waals surface area contributed by atoms with Gasteiger partial charge in [0.2, 0.25) is 0 Å². The van der Waals surface area contributed by atoms with Crippen LogP contribution in [0.1, 0.15) is 21.2 Å². The number of H-pyrrole nitrogens is 1. The monoisotopic (exact) mass is 286 g/mol. The molecule has 1 aromatic carbocycles. The largest absolute Gasteiger partial charge is 0.310 e. The van der Waals surface area contributed by atoms with Crippen LogP contribution in [-0.4, -0.2) is 28.1 Å². The molecule has 0 fully saturated rings. The van der Waals surface area contributed by atoms with E-state index in [4.69, 9.17) is 0 Å². The lowest BCUT2D eigenvalue weighted by Gasteiger charge is -2.15. The molecule has 20 heavy (non-hydrogen) atoms. The van der Waals surface area contributed by atoms with Gasteiger partial charge in [-0.2, -0.15) is 5.10 Å². The summed E-state index contributed by atoms with van der Waals surface area (Å²) in [6, 6.07) is 7.57. The Morgan fingerprint density at radius 3 is 2.80 bits per heavy atom. The van der Waals surface area contributed by atoms with Gasteiger partial charge < -0.3 is 4.90 Å². The van der Waals surface area contributed by atoms with E-state index in [2.05, 4.69) is 15.2 Å². The van der Waals surface area contributed by atoms with Crippen LogP contribution >= 0.6 is 11.3 Å². The number of nitrogens with zero attached hydrogens (tertiary/aromatic N) is 3. The van der Waals surface area contributed by atoms with E-state index in [0.717, 1.165) is 26.6 Å². The summed E-state index contributed by atoms with van der Waals surface area (Å²) in [6.45, 7) is 3.85. The van der Waals surface area contributed by atoms with E-state index < -0.39 is 0 Å². The molecule has 0 atom stereocenters. The first kappa shape index (κ1) is 12.8. The molecule has 0 aliphatic heterocycles. The van der Waals surface area contributed by atoms with Crippen molar-refractivity contribution in [3.8, 4) is 0 Å². The van der Waals surface area contributed by atoms with Gasteiger partial charge >= 0.3 is 0 Å². The summed E-state index contributed by atoms with van der Waals surface area (Å²) >= 11 is 1.62.